The maximum absolute atomic E-state index is 12.8. The van der Waals surface area contributed by atoms with Gasteiger partial charge in [-0.3, -0.25) is 4.79 Å². The van der Waals surface area contributed by atoms with Crippen molar-refractivity contribution in [3.8, 4) is 0 Å². The summed E-state index contributed by atoms with van der Waals surface area (Å²) in [5.41, 5.74) is 6.06. The van der Waals surface area contributed by atoms with Crippen LogP contribution in [0.4, 0.5) is 0 Å². The normalized spacial score (nSPS) is 16.7. The first-order chi connectivity index (χ1) is 11.9. The molecule has 2 heterocycles. The van der Waals surface area contributed by atoms with Crippen LogP contribution >= 0.6 is 12.4 Å². The van der Waals surface area contributed by atoms with Gasteiger partial charge >= 0.3 is 0 Å². The SMILES string of the molecule is CCCCC(CN)NC(=O)c1cc(S(=O)(=O)N2CCCCC2)cn1C.Cl. The zero-order chi connectivity index (χ0) is 18.4. The van der Waals surface area contributed by atoms with Crippen LogP contribution in [-0.4, -0.2) is 48.9 Å². The Hall–Kier alpha value is -1.09. The van der Waals surface area contributed by atoms with Crippen molar-refractivity contribution in [2.24, 2.45) is 12.8 Å². The number of aryl methyl sites for hydroxylation is 1. The summed E-state index contributed by atoms with van der Waals surface area (Å²) < 4.78 is 28.6. The summed E-state index contributed by atoms with van der Waals surface area (Å²) in [7, 11) is -1.85. The van der Waals surface area contributed by atoms with Crippen LogP contribution in [0, 0.1) is 0 Å². The number of unbranched alkanes of at least 4 members (excludes halogenated alkanes) is 1. The van der Waals surface area contributed by atoms with Crippen molar-refractivity contribution >= 4 is 28.3 Å². The van der Waals surface area contributed by atoms with E-state index >= 15 is 0 Å². The molecule has 9 heteroatoms. The zero-order valence-electron chi connectivity index (χ0n) is 15.6. The molecule has 26 heavy (non-hydrogen) atoms. The highest BCUT2D eigenvalue weighted by atomic mass is 35.5. The van der Waals surface area contributed by atoms with Gasteiger partial charge in [0.15, 0.2) is 0 Å². The van der Waals surface area contributed by atoms with Gasteiger partial charge in [-0.1, -0.05) is 26.2 Å². The van der Waals surface area contributed by atoms with Crippen LogP contribution < -0.4 is 11.1 Å². The van der Waals surface area contributed by atoms with Crippen molar-refractivity contribution in [3.63, 3.8) is 0 Å². The molecule has 3 N–H and O–H groups in total. The highest BCUT2D eigenvalue weighted by Gasteiger charge is 2.28. The van der Waals surface area contributed by atoms with E-state index in [9.17, 15) is 13.2 Å². The molecule has 1 fully saturated rings. The molecular weight excluding hydrogens is 376 g/mol. The minimum Gasteiger partial charge on any atom is -0.347 e. The van der Waals surface area contributed by atoms with Crippen LogP contribution in [0.2, 0.25) is 0 Å². The molecule has 1 aromatic heterocycles. The number of aromatic nitrogens is 1. The molecule has 1 atom stereocenters. The van der Waals surface area contributed by atoms with Gasteiger partial charge in [-0.15, -0.1) is 12.4 Å². The first-order valence-corrected chi connectivity index (χ1v) is 10.5. The number of carbonyl (C=O) groups is 1. The lowest BCUT2D eigenvalue weighted by Crippen LogP contribution is -2.40. The fourth-order valence-corrected chi connectivity index (χ4v) is 4.70. The second-order valence-corrected chi connectivity index (χ2v) is 8.62. The summed E-state index contributed by atoms with van der Waals surface area (Å²) in [5, 5.41) is 2.91. The van der Waals surface area contributed by atoms with Crippen LogP contribution in [-0.2, 0) is 17.1 Å². The molecule has 0 aliphatic carbocycles. The van der Waals surface area contributed by atoms with E-state index in [1.54, 1.807) is 11.6 Å². The minimum absolute atomic E-state index is 0. The van der Waals surface area contributed by atoms with Crippen LogP contribution in [0.25, 0.3) is 0 Å². The Morgan fingerprint density at radius 3 is 2.54 bits per heavy atom. The molecule has 0 saturated carbocycles. The average molecular weight is 407 g/mol. The highest BCUT2D eigenvalue weighted by Crippen LogP contribution is 2.22. The number of sulfonamides is 1. The molecule has 1 saturated heterocycles. The molecule has 1 aliphatic heterocycles. The van der Waals surface area contributed by atoms with E-state index in [2.05, 4.69) is 12.2 Å². The van der Waals surface area contributed by atoms with E-state index in [0.717, 1.165) is 38.5 Å². The van der Waals surface area contributed by atoms with Gasteiger partial charge < -0.3 is 15.6 Å². The zero-order valence-corrected chi connectivity index (χ0v) is 17.2. The van der Waals surface area contributed by atoms with Crippen molar-refractivity contribution in [3.05, 3.63) is 18.0 Å². The van der Waals surface area contributed by atoms with E-state index in [-0.39, 0.29) is 29.3 Å². The largest absolute Gasteiger partial charge is 0.347 e. The lowest BCUT2D eigenvalue weighted by Gasteiger charge is -2.25. The predicted molar refractivity (Wildman–Crippen MR) is 105 cm³/mol. The Bertz CT molecular complexity index is 684. The molecule has 0 spiro atoms. The van der Waals surface area contributed by atoms with Crippen molar-refractivity contribution in [1.29, 1.82) is 0 Å². The third-order valence-corrected chi connectivity index (χ3v) is 6.56. The van der Waals surface area contributed by atoms with Crippen molar-refractivity contribution in [2.75, 3.05) is 19.6 Å². The van der Waals surface area contributed by atoms with Gasteiger partial charge in [-0.2, -0.15) is 4.31 Å². The lowest BCUT2D eigenvalue weighted by atomic mass is 10.1. The summed E-state index contributed by atoms with van der Waals surface area (Å²) in [6, 6.07) is 1.37. The number of piperidine rings is 1. The molecule has 1 aliphatic rings. The number of carbonyl (C=O) groups excluding carboxylic acids is 1. The Kier molecular flexibility index (Phi) is 9.09. The molecule has 150 valence electrons. The van der Waals surface area contributed by atoms with Crippen LogP contribution in [0.5, 0.6) is 0 Å². The molecule has 0 radical (unpaired) electrons. The summed E-state index contributed by atoms with van der Waals surface area (Å²) in [6.45, 7) is 3.55. The number of amides is 1. The fourth-order valence-electron chi connectivity index (χ4n) is 3.11. The van der Waals surface area contributed by atoms with Crippen LogP contribution in [0.1, 0.15) is 55.9 Å². The summed E-state index contributed by atoms with van der Waals surface area (Å²) in [5.74, 6) is -0.283. The van der Waals surface area contributed by atoms with Gasteiger partial charge in [0.25, 0.3) is 5.91 Å². The Balaban J connectivity index is 0.00000338. The lowest BCUT2D eigenvalue weighted by molar-refractivity contribution is 0.0927. The van der Waals surface area contributed by atoms with E-state index < -0.39 is 10.0 Å². The van der Waals surface area contributed by atoms with Crippen molar-refractivity contribution in [1.82, 2.24) is 14.2 Å². The van der Waals surface area contributed by atoms with E-state index in [4.69, 9.17) is 5.73 Å². The van der Waals surface area contributed by atoms with Crippen LogP contribution in [0.15, 0.2) is 17.2 Å². The Labute approximate surface area is 162 Å². The molecule has 2 rings (SSSR count). The average Bonchev–Trinajstić information content (AvgIpc) is 3.02. The number of hydrogen-bond acceptors (Lipinski definition) is 4. The highest BCUT2D eigenvalue weighted by molar-refractivity contribution is 7.89. The number of nitrogens with zero attached hydrogens (tertiary/aromatic N) is 2. The third-order valence-electron chi connectivity index (χ3n) is 4.69. The van der Waals surface area contributed by atoms with Gasteiger partial charge in [-0.05, 0) is 25.3 Å². The Morgan fingerprint density at radius 2 is 1.96 bits per heavy atom. The molecule has 0 bridgehead atoms. The second-order valence-electron chi connectivity index (χ2n) is 6.69. The summed E-state index contributed by atoms with van der Waals surface area (Å²) in [6.07, 6.45) is 7.19. The number of nitrogens with one attached hydrogen (secondary N) is 1. The summed E-state index contributed by atoms with van der Waals surface area (Å²) in [4.78, 5) is 12.7. The second kappa shape index (κ2) is 10.3. The monoisotopic (exact) mass is 406 g/mol. The van der Waals surface area contributed by atoms with E-state index in [0.29, 0.717) is 25.3 Å². The minimum atomic E-state index is -3.54. The summed E-state index contributed by atoms with van der Waals surface area (Å²) >= 11 is 0. The van der Waals surface area contributed by atoms with Gasteiger partial charge in [-0.25, -0.2) is 8.42 Å². The molecule has 1 unspecified atom stereocenters. The van der Waals surface area contributed by atoms with Gasteiger partial charge in [0.2, 0.25) is 10.0 Å². The van der Waals surface area contributed by atoms with Gasteiger partial charge in [0, 0.05) is 38.9 Å². The molecule has 1 amide bonds. The number of rotatable bonds is 8. The quantitative estimate of drug-likeness (QED) is 0.688. The molecular formula is C17H31ClN4O3S. The first kappa shape index (κ1) is 23.0. The smallest absolute Gasteiger partial charge is 0.268 e. The number of hydrogen-bond donors (Lipinski definition) is 2. The maximum Gasteiger partial charge on any atom is 0.268 e. The first-order valence-electron chi connectivity index (χ1n) is 9.07. The van der Waals surface area contributed by atoms with Gasteiger partial charge in [0.05, 0.1) is 0 Å². The number of halogens is 1. The molecule has 7 nitrogen and oxygen atoms in total. The van der Waals surface area contributed by atoms with Crippen LogP contribution in [0.3, 0.4) is 0 Å². The fraction of sp³-hybridized carbons (Fsp3) is 0.706. The third kappa shape index (κ3) is 5.45. The molecule has 0 aromatic carbocycles. The van der Waals surface area contributed by atoms with Crippen molar-refractivity contribution in [2.45, 2.75) is 56.4 Å². The van der Waals surface area contributed by atoms with E-state index in [1.165, 1.54) is 16.6 Å². The molecule has 1 aromatic rings. The van der Waals surface area contributed by atoms with E-state index in [1.807, 2.05) is 0 Å². The van der Waals surface area contributed by atoms with Crippen molar-refractivity contribution < 1.29 is 13.2 Å². The Morgan fingerprint density at radius 1 is 1.31 bits per heavy atom. The topological polar surface area (TPSA) is 97.4 Å². The standard InChI is InChI=1S/C17H30N4O3S.ClH/c1-3-4-8-14(12-18)19-17(22)16-11-15(13-20(16)2)25(23,24)21-9-6-5-7-10-21;/h11,13-14H,3-10,12,18H2,1-2H3,(H,19,22);1H. The number of nitrogens with two attached hydrogens (primary N) is 1. The maximum atomic E-state index is 12.8. The van der Waals surface area contributed by atoms with Gasteiger partial charge in [0.1, 0.15) is 10.6 Å². The predicted octanol–water partition coefficient (Wildman–Crippen LogP) is 1.87.